The first-order chi connectivity index (χ1) is 17.8. The van der Waals surface area contributed by atoms with Crippen LogP contribution in [0.1, 0.15) is 66.4 Å². The lowest BCUT2D eigenvalue weighted by Gasteiger charge is -2.30. The lowest BCUT2D eigenvalue weighted by atomic mass is 9.80. The summed E-state index contributed by atoms with van der Waals surface area (Å²) < 4.78 is 16.5. The molecule has 0 radical (unpaired) electrons. The van der Waals surface area contributed by atoms with Gasteiger partial charge in [-0.1, -0.05) is 33.8 Å². The third kappa shape index (κ3) is 11.6. The molecule has 0 fully saturated rings. The van der Waals surface area contributed by atoms with E-state index in [0.29, 0.717) is 37.1 Å². The number of nitrogens with two attached hydrogens (primary N) is 1. The molecule has 0 aromatic heterocycles. The lowest BCUT2D eigenvalue weighted by Crippen LogP contribution is -2.44. The van der Waals surface area contributed by atoms with Gasteiger partial charge in [-0.15, -0.1) is 0 Å². The molecule has 0 saturated carbocycles. The van der Waals surface area contributed by atoms with Gasteiger partial charge in [-0.05, 0) is 68.6 Å². The van der Waals surface area contributed by atoms with Crippen LogP contribution in [0.15, 0.2) is 18.2 Å². The van der Waals surface area contributed by atoms with E-state index >= 15 is 0 Å². The second-order valence-corrected chi connectivity index (χ2v) is 11.7. The van der Waals surface area contributed by atoms with Gasteiger partial charge in [0.1, 0.15) is 0 Å². The van der Waals surface area contributed by atoms with Gasteiger partial charge in [0.15, 0.2) is 11.5 Å². The lowest BCUT2D eigenvalue weighted by molar-refractivity contribution is -0.128. The van der Waals surface area contributed by atoms with Crippen molar-refractivity contribution in [1.82, 2.24) is 5.32 Å². The number of benzene rings is 1. The molecule has 0 saturated heterocycles. The number of hydrogen-bond donors (Lipinski definition) is 3. The maximum absolute atomic E-state index is 12.9. The second-order valence-electron chi connectivity index (χ2n) is 11.7. The van der Waals surface area contributed by atoms with Gasteiger partial charge in [0.2, 0.25) is 5.91 Å². The van der Waals surface area contributed by atoms with Gasteiger partial charge >= 0.3 is 0 Å². The summed E-state index contributed by atoms with van der Waals surface area (Å²) >= 11 is 0. The van der Waals surface area contributed by atoms with E-state index in [-0.39, 0.29) is 36.6 Å². The minimum absolute atomic E-state index is 0.0320. The predicted molar refractivity (Wildman–Crippen MR) is 151 cm³/mol. The topological polar surface area (TPSA) is 127 Å². The van der Waals surface area contributed by atoms with Crippen molar-refractivity contribution < 1.29 is 24.1 Å². The zero-order valence-corrected chi connectivity index (χ0v) is 24.8. The molecule has 1 aromatic carbocycles. The van der Waals surface area contributed by atoms with Gasteiger partial charge in [0, 0.05) is 38.6 Å². The normalized spacial score (nSPS) is 15.0. The summed E-state index contributed by atoms with van der Waals surface area (Å²) in [4.78, 5) is 12.9. The molecule has 1 rings (SSSR count). The maximum Gasteiger partial charge on any atom is 0.223 e. The Kier molecular flexibility index (Phi) is 14.7. The van der Waals surface area contributed by atoms with Crippen molar-refractivity contribution in [2.45, 2.75) is 79.4 Å². The van der Waals surface area contributed by atoms with Gasteiger partial charge in [-0.3, -0.25) is 4.79 Å². The fourth-order valence-electron chi connectivity index (χ4n) is 4.34. The summed E-state index contributed by atoms with van der Waals surface area (Å²) in [6.45, 7) is 13.3. The molecule has 1 amide bonds. The van der Waals surface area contributed by atoms with E-state index in [1.54, 1.807) is 28.1 Å². The Hall–Kier alpha value is -2.34. The Bertz CT molecular complexity index is 881. The number of methoxy groups -OCH3 is 2. The van der Waals surface area contributed by atoms with Crippen molar-refractivity contribution in [1.29, 1.82) is 5.26 Å². The Labute approximate surface area is 230 Å². The number of ether oxygens (including phenoxy) is 3. The highest BCUT2D eigenvalue weighted by Crippen LogP contribution is 2.32. The SMILES string of the molecule is COCCCOc1cc(C[C@@H](C[C@H](N)[C@@H](O)C[C@H](C(=O)NCC(C)(C)C#N)C(C)C)C(C)C)ccc1OC. The standard InChI is InChI=1S/C30H51N3O5/c1-20(2)23(14-22-10-11-27(37-8)28(15-22)38-13-9-12-36-7)16-25(32)26(34)17-24(21(3)4)29(35)33-19-30(5,6)18-31/h10-11,15,20-21,23-26,34H,9,12-14,16-17,19,32H2,1-8H3,(H,33,35)/t23-,24-,25-,26-/m0/s1. The maximum atomic E-state index is 12.9. The fourth-order valence-corrected chi connectivity index (χ4v) is 4.34. The molecule has 0 aliphatic carbocycles. The van der Waals surface area contributed by atoms with E-state index < -0.39 is 17.6 Å². The number of hydrogen-bond acceptors (Lipinski definition) is 7. The first-order valence-electron chi connectivity index (χ1n) is 13.8. The van der Waals surface area contributed by atoms with Crippen molar-refractivity contribution in [3.05, 3.63) is 23.8 Å². The molecule has 0 spiro atoms. The number of carbonyl (C=O) groups excluding carboxylic acids is 1. The summed E-state index contributed by atoms with van der Waals surface area (Å²) in [5.41, 5.74) is 6.98. The molecule has 4 atom stereocenters. The van der Waals surface area contributed by atoms with Crippen molar-refractivity contribution in [2.24, 2.45) is 34.8 Å². The molecule has 8 heteroatoms. The first-order valence-corrected chi connectivity index (χ1v) is 13.8. The number of nitriles is 1. The zero-order valence-electron chi connectivity index (χ0n) is 24.8. The van der Waals surface area contributed by atoms with Crippen molar-refractivity contribution in [3.8, 4) is 17.6 Å². The minimum atomic E-state index is -0.811. The second kappa shape index (κ2) is 16.6. The molecule has 0 bridgehead atoms. The van der Waals surface area contributed by atoms with E-state index in [1.807, 2.05) is 32.0 Å². The van der Waals surface area contributed by atoms with Gasteiger partial charge in [0.25, 0.3) is 0 Å². The predicted octanol–water partition coefficient (Wildman–Crippen LogP) is 4.33. The molecule has 0 heterocycles. The van der Waals surface area contributed by atoms with Gasteiger partial charge in [-0.25, -0.2) is 0 Å². The van der Waals surface area contributed by atoms with Crippen LogP contribution in [0.3, 0.4) is 0 Å². The first kappa shape index (κ1) is 33.7. The number of nitrogens with zero attached hydrogens (tertiary/aromatic N) is 1. The average Bonchev–Trinajstić information content (AvgIpc) is 2.87. The summed E-state index contributed by atoms with van der Waals surface area (Å²) in [7, 11) is 3.30. The minimum Gasteiger partial charge on any atom is -0.493 e. The third-order valence-corrected chi connectivity index (χ3v) is 7.13. The number of amides is 1. The number of aliphatic hydroxyl groups excluding tert-OH is 1. The summed E-state index contributed by atoms with van der Waals surface area (Å²) in [6.07, 6.45) is 1.67. The van der Waals surface area contributed by atoms with E-state index in [4.69, 9.17) is 19.9 Å². The van der Waals surface area contributed by atoms with Crippen LogP contribution in [-0.2, 0) is 16.0 Å². The zero-order chi connectivity index (χ0) is 28.9. The van der Waals surface area contributed by atoms with Gasteiger partial charge in [-0.2, -0.15) is 5.26 Å². The Morgan fingerprint density at radius 2 is 1.79 bits per heavy atom. The molecule has 38 heavy (non-hydrogen) atoms. The van der Waals surface area contributed by atoms with Crippen LogP contribution in [0.5, 0.6) is 11.5 Å². The molecule has 0 aliphatic heterocycles. The van der Waals surface area contributed by atoms with Gasteiger partial charge in [0.05, 0.1) is 31.3 Å². The number of nitrogens with one attached hydrogen (secondary N) is 1. The van der Waals surface area contributed by atoms with E-state index in [1.165, 1.54) is 0 Å². The van der Waals surface area contributed by atoms with E-state index in [9.17, 15) is 15.2 Å². The van der Waals surface area contributed by atoms with E-state index in [0.717, 1.165) is 18.4 Å². The third-order valence-electron chi connectivity index (χ3n) is 7.13. The smallest absolute Gasteiger partial charge is 0.223 e. The Morgan fingerprint density at radius 1 is 1.11 bits per heavy atom. The van der Waals surface area contributed by atoms with Crippen LogP contribution in [-0.4, -0.2) is 57.1 Å². The fraction of sp³-hybridized carbons (Fsp3) is 0.733. The molecule has 1 aromatic rings. The van der Waals surface area contributed by atoms with Crippen LogP contribution < -0.4 is 20.5 Å². The molecule has 0 unspecified atom stereocenters. The average molecular weight is 534 g/mol. The Morgan fingerprint density at radius 3 is 2.34 bits per heavy atom. The summed E-state index contributed by atoms with van der Waals surface area (Å²) in [5, 5.41) is 23.1. The summed E-state index contributed by atoms with van der Waals surface area (Å²) in [5.74, 6) is 1.48. The molecule has 4 N–H and O–H groups in total. The van der Waals surface area contributed by atoms with Crippen LogP contribution in [0, 0.1) is 40.4 Å². The number of carbonyl (C=O) groups is 1. The molecular weight excluding hydrogens is 482 g/mol. The van der Waals surface area contributed by atoms with E-state index in [2.05, 4.69) is 25.2 Å². The molecular formula is C30H51N3O5. The Balaban J connectivity index is 2.86. The quantitative estimate of drug-likeness (QED) is 0.240. The molecule has 216 valence electrons. The monoisotopic (exact) mass is 533 g/mol. The van der Waals surface area contributed by atoms with Crippen molar-refractivity contribution in [3.63, 3.8) is 0 Å². The highest BCUT2D eigenvalue weighted by atomic mass is 16.5. The van der Waals surface area contributed by atoms with Crippen molar-refractivity contribution >= 4 is 5.91 Å². The number of rotatable bonds is 18. The van der Waals surface area contributed by atoms with Crippen molar-refractivity contribution in [2.75, 3.05) is 34.0 Å². The van der Waals surface area contributed by atoms with Gasteiger partial charge < -0.3 is 30.4 Å². The summed E-state index contributed by atoms with van der Waals surface area (Å²) in [6, 6.07) is 7.72. The highest BCUT2D eigenvalue weighted by Gasteiger charge is 2.30. The number of aliphatic hydroxyl groups is 1. The molecule has 0 aliphatic rings. The largest absolute Gasteiger partial charge is 0.493 e. The molecule has 8 nitrogen and oxygen atoms in total. The van der Waals surface area contributed by atoms with Crippen LogP contribution in [0.2, 0.25) is 0 Å². The van der Waals surface area contributed by atoms with Crippen LogP contribution >= 0.6 is 0 Å². The highest BCUT2D eigenvalue weighted by molar-refractivity contribution is 5.79. The van der Waals surface area contributed by atoms with Crippen LogP contribution in [0.4, 0.5) is 0 Å². The van der Waals surface area contributed by atoms with Crippen LogP contribution in [0.25, 0.3) is 0 Å².